The molecule has 7 heteroatoms. The first-order valence-electron chi connectivity index (χ1n) is 8.13. The number of sulfone groups is 1. The Morgan fingerprint density at radius 2 is 1.85 bits per heavy atom. The molecule has 0 atom stereocenters. The minimum absolute atomic E-state index is 0.219. The Bertz CT molecular complexity index is 1250. The zero-order valence-corrected chi connectivity index (χ0v) is 16.8. The Kier molecular flexibility index (Phi) is 5.05. The van der Waals surface area contributed by atoms with Crippen LogP contribution in [-0.4, -0.2) is 25.1 Å². The Balaban J connectivity index is 2.20. The molecule has 2 aromatic carbocycles. The predicted octanol–water partition coefficient (Wildman–Crippen LogP) is 3.10. The van der Waals surface area contributed by atoms with E-state index >= 15 is 0 Å². The van der Waals surface area contributed by atoms with Crippen molar-refractivity contribution >= 4 is 37.3 Å². The lowest BCUT2D eigenvalue weighted by atomic mass is 10.1. The molecule has 138 valence electrons. The summed E-state index contributed by atoms with van der Waals surface area (Å²) in [5, 5.41) is 0. The van der Waals surface area contributed by atoms with Crippen LogP contribution in [0.3, 0.4) is 0 Å². The van der Waals surface area contributed by atoms with Gasteiger partial charge >= 0.3 is 0 Å². The minimum Gasteiger partial charge on any atom is -0.305 e. The third kappa shape index (κ3) is 4.02. The summed E-state index contributed by atoms with van der Waals surface area (Å²) in [6.07, 6.45) is 6.63. The van der Waals surface area contributed by atoms with Crippen LogP contribution in [0.2, 0.25) is 0 Å². The first-order chi connectivity index (χ1) is 12.7. The van der Waals surface area contributed by atoms with E-state index < -0.39 is 9.84 Å². The van der Waals surface area contributed by atoms with Gasteiger partial charge < -0.3 is 4.57 Å². The molecule has 0 fully saturated rings. The molecule has 0 N–H and O–H groups in total. The van der Waals surface area contributed by atoms with Crippen molar-refractivity contribution in [1.82, 2.24) is 4.57 Å². The number of hydrogen-bond donors (Lipinski definition) is 0. The largest absolute Gasteiger partial charge is 0.305 e. The zero-order valence-electron chi connectivity index (χ0n) is 15.2. The monoisotopic (exact) mass is 398 g/mol. The number of amides is 1. The molecule has 5 nitrogen and oxygen atoms in total. The minimum atomic E-state index is -3.33. The number of aryl methyl sites for hydroxylation is 2. The highest BCUT2D eigenvalue weighted by Crippen LogP contribution is 2.22. The van der Waals surface area contributed by atoms with Crippen molar-refractivity contribution in [1.29, 1.82) is 0 Å². The molecule has 0 aliphatic rings. The average Bonchev–Trinajstić information content (AvgIpc) is 2.90. The summed E-state index contributed by atoms with van der Waals surface area (Å²) in [4.78, 5) is 17.6. The third-order valence-electron chi connectivity index (χ3n) is 4.00. The van der Waals surface area contributed by atoms with E-state index in [9.17, 15) is 13.2 Å². The van der Waals surface area contributed by atoms with E-state index in [1.54, 1.807) is 28.8 Å². The van der Waals surface area contributed by atoms with Gasteiger partial charge in [0.2, 0.25) is 0 Å². The lowest BCUT2D eigenvalue weighted by Crippen LogP contribution is -2.16. The van der Waals surface area contributed by atoms with Crippen LogP contribution in [-0.2, 0) is 16.4 Å². The van der Waals surface area contributed by atoms with E-state index in [1.807, 2.05) is 19.9 Å². The summed E-state index contributed by atoms with van der Waals surface area (Å²) in [6, 6.07) is 10.4. The predicted molar refractivity (Wildman–Crippen MR) is 108 cm³/mol. The Hall–Kier alpha value is -2.69. The van der Waals surface area contributed by atoms with Gasteiger partial charge in [-0.25, -0.2) is 8.42 Å². The summed E-state index contributed by atoms with van der Waals surface area (Å²) in [6.45, 7) is 4.08. The van der Waals surface area contributed by atoms with E-state index in [0.717, 1.165) is 22.9 Å². The summed E-state index contributed by atoms with van der Waals surface area (Å²) < 4.78 is 26.1. The van der Waals surface area contributed by atoms with Gasteiger partial charge in [0.25, 0.3) is 5.91 Å². The van der Waals surface area contributed by atoms with E-state index in [-0.39, 0.29) is 17.3 Å². The number of hydrogen-bond acceptors (Lipinski definition) is 4. The molecule has 0 spiro atoms. The fourth-order valence-electron chi connectivity index (χ4n) is 2.86. The highest BCUT2D eigenvalue weighted by molar-refractivity contribution is 7.90. The van der Waals surface area contributed by atoms with Gasteiger partial charge in [-0.3, -0.25) is 4.79 Å². The van der Waals surface area contributed by atoms with Crippen LogP contribution in [0.5, 0.6) is 0 Å². The Morgan fingerprint density at radius 3 is 2.44 bits per heavy atom. The molecular formula is C20H18N2O3S2. The summed E-state index contributed by atoms with van der Waals surface area (Å²) in [5.74, 6) is 2.20. The van der Waals surface area contributed by atoms with Crippen LogP contribution >= 0.6 is 11.3 Å². The molecule has 3 rings (SSSR count). The molecule has 1 aromatic heterocycles. The normalized spacial score (nSPS) is 12.3. The van der Waals surface area contributed by atoms with E-state index in [0.29, 0.717) is 15.1 Å². The molecule has 0 saturated carbocycles. The summed E-state index contributed by atoms with van der Waals surface area (Å²) in [7, 11) is -3.33. The van der Waals surface area contributed by atoms with Gasteiger partial charge in [-0.15, -0.1) is 6.42 Å². The molecule has 0 radical (unpaired) electrons. The van der Waals surface area contributed by atoms with Crippen LogP contribution in [0, 0.1) is 26.2 Å². The second kappa shape index (κ2) is 7.14. The first-order valence-corrected chi connectivity index (χ1v) is 10.8. The second-order valence-corrected chi connectivity index (χ2v) is 9.39. The van der Waals surface area contributed by atoms with Gasteiger partial charge in [-0.05, 0) is 44.2 Å². The van der Waals surface area contributed by atoms with Gasteiger partial charge in [0.15, 0.2) is 14.6 Å². The van der Waals surface area contributed by atoms with Gasteiger partial charge in [0.05, 0.1) is 21.7 Å². The lowest BCUT2D eigenvalue weighted by Gasteiger charge is -2.02. The number of thiazole rings is 1. The van der Waals surface area contributed by atoms with Crippen LogP contribution in [0.1, 0.15) is 21.5 Å². The molecule has 0 unspecified atom stereocenters. The average molecular weight is 399 g/mol. The quantitative estimate of drug-likeness (QED) is 0.637. The van der Waals surface area contributed by atoms with Gasteiger partial charge in [0, 0.05) is 11.8 Å². The first kappa shape index (κ1) is 19.1. The lowest BCUT2D eigenvalue weighted by molar-refractivity contribution is 0.0997. The van der Waals surface area contributed by atoms with Crippen LogP contribution < -0.4 is 4.80 Å². The molecule has 0 bridgehead atoms. The number of nitrogens with zero attached hydrogens (tertiary/aromatic N) is 2. The highest BCUT2D eigenvalue weighted by atomic mass is 32.2. The fraction of sp³-hybridized carbons (Fsp3) is 0.200. The maximum atomic E-state index is 12.7. The standard InChI is InChI=1S/C20H18N2O3S2/c1-5-8-22-17-7-6-16(27(4,24)25)12-18(17)26-20(22)21-19(23)15-10-13(2)9-14(3)11-15/h1,6-7,9-12H,8H2,2-4H3. The van der Waals surface area contributed by atoms with Crippen molar-refractivity contribution in [2.24, 2.45) is 4.99 Å². The molecule has 3 aromatic rings. The topological polar surface area (TPSA) is 68.5 Å². The van der Waals surface area contributed by atoms with Crippen LogP contribution in [0.25, 0.3) is 10.2 Å². The van der Waals surface area contributed by atoms with Crippen molar-refractivity contribution in [3.63, 3.8) is 0 Å². The van der Waals surface area contributed by atoms with Crippen molar-refractivity contribution in [2.45, 2.75) is 25.3 Å². The number of aromatic nitrogens is 1. The van der Waals surface area contributed by atoms with Crippen molar-refractivity contribution in [2.75, 3.05) is 6.26 Å². The molecule has 0 saturated heterocycles. The number of terminal acetylenes is 1. The second-order valence-electron chi connectivity index (χ2n) is 6.37. The van der Waals surface area contributed by atoms with E-state index in [1.165, 1.54) is 17.4 Å². The molecule has 1 amide bonds. The van der Waals surface area contributed by atoms with Crippen molar-refractivity contribution < 1.29 is 13.2 Å². The number of rotatable bonds is 3. The Morgan fingerprint density at radius 1 is 1.19 bits per heavy atom. The molecule has 0 aliphatic carbocycles. The number of carbonyl (C=O) groups excluding carboxylic acids is 1. The maximum absolute atomic E-state index is 12.7. The number of benzene rings is 2. The summed E-state index contributed by atoms with van der Waals surface area (Å²) >= 11 is 1.24. The SMILES string of the molecule is C#CCn1c(=NC(=O)c2cc(C)cc(C)c2)sc2cc(S(C)(=O)=O)ccc21. The van der Waals surface area contributed by atoms with Gasteiger partial charge in [-0.2, -0.15) is 4.99 Å². The molecule has 27 heavy (non-hydrogen) atoms. The Labute approximate surface area is 161 Å². The third-order valence-corrected chi connectivity index (χ3v) is 6.15. The van der Waals surface area contributed by atoms with Gasteiger partial charge in [0.1, 0.15) is 0 Å². The van der Waals surface area contributed by atoms with E-state index in [4.69, 9.17) is 6.42 Å². The van der Waals surface area contributed by atoms with E-state index in [2.05, 4.69) is 10.9 Å². The fourth-order valence-corrected chi connectivity index (χ4v) is 4.65. The van der Waals surface area contributed by atoms with Crippen LogP contribution in [0.15, 0.2) is 46.3 Å². The highest BCUT2D eigenvalue weighted by Gasteiger charge is 2.13. The number of carbonyl (C=O) groups is 1. The van der Waals surface area contributed by atoms with Crippen LogP contribution in [0.4, 0.5) is 0 Å². The smallest absolute Gasteiger partial charge is 0.279 e. The zero-order chi connectivity index (χ0) is 19.8. The molecular weight excluding hydrogens is 380 g/mol. The van der Waals surface area contributed by atoms with Crippen molar-refractivity contribution in [3.05, 3.63) is 57.9 Å². The summed E-state index contributed by atoms with van der Waals surface area (Å²) in [5.41, 5.74) is 3.23. The van der Waals surface area contributed by atoms with Crippen molar-refractivity contribution in [3.8, 4) is 12.3 Å². The van der Waals surface area contributed by atoms with Gasteiger partial charge in [-0.1, -0.05) is 34.5 Å². The molecule has 0 aliphatic heterocycles. The number of fused-ring (bicyclic) bond motifs is 1. The maximum Gasteiger partial charge on any atom is 0.279 e. The molecule has 1 heterocycles.